The van der Waals surface area contributed by atoms with E-state index in [1.807, 2.05) is 25.1 Å². The SMILES string of the molecule is CN(C)c1cccc(N2C(=O)NC(=O)C(C)(C)C2=O)c1. The largest absolute Gasteiger partial charge is 0.378 e. The van der Waals surface area contributed by atoms with E-state index in [4.69, 9.17) is 0 Å². The Hall–Kier alpha value is -2.37. The Bertz CT molecular complexity index is 593. The molecule has 6 nitrogen and oxygen atoms in total. The average Bonchev–Trinajstić information content (AvgIpc) is 2.37. The van der Waals surface area contributed by atoms with Crippen LogP contribution in [-0.2, 0) is 9.59 Å². The van der Waals surface area contributed by atoms with Gasteiger partial charge in [0.2, 0.25) is 11.8 Å². The Kier molecular flexibility index (Phi) is 3.25. The maximum atomic E-state index is 12.4. The number of carbonyl (C=O) groups excluding carboxylic acids is 3. The molecule has 0 saturated carbocycles. The second-order valence-electron chi connectivity index (χ2n) is 5.44. The third-order valence-corrected chi connectivity index (χ3v) is 3.33. The van der Waals surface area contributed by atoms with Gasteiger partial charge in [0, 0.05) is 19.8 Å². The molecule has 106 valence electrons. The summed E-state index contributed by atoms with van der Waals surface area (Å²) < 4.78 is 0. The lowest BCUT2D eigenvalue weighted by Gasteiger charge is -2.34. The van der Waals surface area contributed by atoms with Gasteiger partial charge in [-0.05, 0) is 32.0 Å². The lowest BCUT2D eigenvalue weighted by Crippen LogP contribution is -2.62. The molecule has 1 aliphatic rings. The predicted molar refractivity (Wildman–Crippen MR) is 75.6 cm³/mol. The van der Waals surface area contributed by atoms with Crippen LogP contribution in [0.2, 0.25) is 0 Å². The van der Waals surface area contributed by atoms with Crippen molar-refractivity contribution in [2.24, 2.45) is 5.41 Å². The first-order valence-electron chi connectivity index (χ1n) is 6.22. The number of nitrogens with zero attached hydrogens (tertiary/aromatic N) is 2. The lowest BCUT2D eigenvalue weighted by molar-refractivity contribution is -0.140. The van der Waals surface area contributed by atoms with Gasteiger partial charge in [0.25, 0.3) is 0 Å². The molecule has 1 saturated heterocycles. The number of anilines is 2. The number of amides is 4. The molecule has 0 aliphatic carbocycles. The number of carbonyl (C=O) groups is 3. The van der Waals surface area contributed by atoms with Gasteiger partial charge < -0.3 is 4.90 Å². The van der Waals surface area contributed by atoms with E-state index in [0.717, 1.165) is 10.6 Å². The third kappa shape index (κ3) is 2.13. The van der Waals surface area contributed by atoms with Crippen LogP contribution in [0.15, 0.2) is 24.3 Å². The van der Waals surface area contributed by atoms with E-state index in [0.29, 0.717) is 5.69 Å². The Morgan fingerprint density at radius 1 is 1.15 bits per heavy atom. The zero-order valence-corrected chi connectivity index (χ0v) is 11.9. The Balaban J connectivity index is 2.46. The molecule has 1 fully saturated rings. The molecule has 1 aromatic carbocycles. The summed E-state index contributed by atoms with van der Waals surface area (Å²) in [4.78, 5) is 38.9. The smallest absolute Gasteiger partial charge is 0.335 e. The zero-order chi connectivity index (χ0) is 15.1. The van der Waals surface area contributed by atoms with Crippen LogP contribution < -0.4 is 15.1 Å². The molecule has 1 heterocycles. The molecule has 0 unspecified atom stereocenters. The summed E-state index contributed by atoms with van der Waals surface area (Å²) in [5.74, 6) is -1.10. The Labute approximate surface area is 117 Å². The van der Waals surface area contributed by atoms with Crippen LogP contribution in [0.3, 0.4) is 0 Å². The van der Waals surface area contributed by atoms with Gasteiger partial charge in [-0.3, -0.25) is 14.9 Å². The van der Waals surface area contributed by atoms with E-state index in [1.165, 1.54) is 13.8 Å². The molecule has 6 heteroatoms. The van der Waals surface area contributed by atoms with Crippen molar-refractivity contribution in [3.63, 3.8) is 0 Å². The molecule has 1 N–H and O–H groups in total. The van der Waals surface area contributed by atoms with Crippen molar-refractivity contribution in [2.45, 2.75) is 13.8 Å². The molecule has 0 atom stereocenters. The molecule has 2 rings (SSSR count). The standard InChI is InChI=1S/C14H17N3O3/c1-14(2)11(18)15-13(20)17(12(14)19)10-7-5-6-9(8-10)16(3)4/h5-8H,1-4H3,(H,15,18,20). The predicted octanol–water partition coefficient (Wildman–Crippen LogP) is 1.36. The van der Waals surface area contributed by atoms with E-state index < -0.39 is 23.3 Å². The minimum Gasteiger partial charge on any atom is -0.378 e. The second-order valence-corrected chi connectivity index (χ2v) is 5.44. The first-order chi connectivity index (χ1) is 9.25. The van der Waals surface area contributed by atoms with Crippen LogP contribution >= 0.6 is 0 Å². The molecule has 20 heavy (non-hydrogen) atoms. The van der Waals surface area contributed by atoms with Gasteiger partial charge in [-0.1, -0.05) is 6.07 Å². The highest BCUT2D eigenvalue weighted by Gasteiger charge is 2.47. The number of hydrogen-bond acceptors (Lipinski definition) is 4. The van der Waals surface area contributed by atoms with Crippen molar-refractivity contribution in [2.75, 3.05) is 23.9 Å². The monoisotopic (exact) mass is 275 g/mol. The minimum absolute atomic E-state index is 0.444. The van der Waals surface area contributed by atoms with Crippen LogP contribution in [0.25, 0.3) is 0 Å². The summed E-state index contributed by atoms with van der Waals surface area (Å²) in [5.41, 5.74) is 0.0410. The fraction of sp³-hybridized carbons (Fsp3) is 0.357. The maximum Gasteiger partial charge on any atom is 0.335 e. The number of barbiturate groups is 1. The highest BCUT2D eigenvalue weighted by molar-refractivity contribution is 6.29. The van der Waals surface area contributed by atoms with Crippen molar-refractivity contribution < 1.29 is 14.4 Å². The molecular weight excluding hydrogens is 258 g/mol. The van der Waals surface area contributed by atoms with Gasteiger partial charge >= 0.3 is 6.03 Å². The highest BCUT2D eigenvalue weighted by Crippen LogP contribution is 2.29. The number of hydrogen-bond donors (Lipinski definition) is 1. The molecule has 0 radical (unpaired) electrons. The first-order valence-corrected chi connectivity index (χ1v) is 6.22. The van der Waals surface area contributed by atoms with Crippen molar-refractivity contribution in [3.05, 3.63) is 24.3 Å². The quantitative estimate of drug-likeness (QED) is 0.827. The maximum absolute atomic E-state index is 12.4. The Morgan fingerprint density at radius 2 is 1.80 bits per heavy atom. The van der Waals surface area contributed by atoms with Crippen LogP contribution in [0.1, 0.15) is 13.8 Å². The van der Waals surface area contributed by atoms with Crippen molar-refractivity contribution in [3.8, 4) is 0 Å². The Morgan fingerprint density at radius 3 is 2.40 bits per heavy atom. The van der Waals surface area contributed by atoms with Crippen molar-refractivity contribution in [1.82, 2.24) is 5.32 Å². The molecule has 0 aromatic heterocycles. The summed E-state index contributed by atoms with van der Waals surface area (Å²) >= 11 is 0. The molecular formula is C14H17N3O3. The molecule has 4 amide bonds. The van der Waals surface area contributed by atoms with Crippen LogP contribution in [0, 0.1) is 5.41 Å². The number of benzene rings is 1. The summed E-state index contributed by atoms with van der Waals surface area (Å²) in [5, 5.41) is 2.21. The normalized spacial score (nSPS) is 18.0. The number of urea groups is 1. The van der Waals surface area contributed by atoms with E-state index in [-0.39, 0.29) is 0 Å². The fourth-order valence-electron chi connectivity index (χ4n) is 1.92. The number of imide groups is 2. The van der Waals surface area contributed by atoms with Crippen LogP contribution in [0.4, 0.5) is 16.2 Å². The van der Waals surface area contributed by atoms with Gasteiger partial charge in [0.15, 0.2) is 0 Å². The molecule has 1 aliphatic heterocycles. The van der Waals surface area contributed by atoms with Gasteiger partial charge in [0.1, 0.15) is 5.41 Å². The number of rotatable bonds is 2. The third-order valence-electron chi connectivity index (χ3n) is 3.33. The summed E-state index contributed by atoms with van der Waals surface area (Å²) in [7, 11) is 3.73. The average molecular weight is 275 g/mol. The first kappa shape index (κ1) is 14.0. The lowest BCUT2D eigenvalue weighted by atomic mass is 9.88. The van der Waals surface area contributed by atoms with E-state index in [9.17, 15) is 14.4 Å². The van der Waals surface area contributed by atoms with Gasteiger partial charge in [-0.2, -0.15) is 0 Å². The van der Waals surface area contributed by atoms with Crippen molar-refractivity contribution >= 4 is 29.2 Å². The molecule has 0 bridgehead atoms. The topological polar surface area (TPSA) is 69.7 Å². The summed E-state index contributed by atoms with van der Waals surface area (Å²) in [6.45, 7) is 3.00. The summed E-state index contributed by atoms with van der Waals surface area (Å²) in [6, 6.07) is 6.30. The fourth-order valence-corrected chi connectivity index (χ4v) is 1.92. The second kappa shape index (κ2) is 4.63. The van der Waals surface area contributed by atoms with E-state index in [2.05, 4.69) is 5.32 Å². The van der Waals surface area contributed by atoms with Gasteiger partial charge in [-0.25, -0.2) is 9.69 Å². The van der Waals surface area contributed by atoms with Crippen LogP contribution in [0.5, 0.6) is 0 Å². The molecule has 1 aromatic rings. The van der Waals surface area contributed by atoms with Crippen molar-refractivity contribution in [1.29, 1.82) is 0 Å². The molecule has 0 spiro atoms. The number of nitrogens with one attached hydrogen (secondary N) is 1. The van der Waals surface area contributed by atoms with E-state index >= 15 is 0 Å². The summed E-state index contributed by atoms with van der Waals surface area (Å²) in [6.07, 6.45) is 0. The minimum atomic E-state index is -1.26. The van der Waals surface area contributed by atoms with Gasteiger partial charge in [0.05, 0.1) is 5.69 Å². The van der Waals surface area contributed by atoms with Gasteiger partial charge in [-0.15, -0.1) is 0 Å². The zero-order valence-electron chi connectivity index (χ0n) is 11.9. The highest BCUT2D eigenvalue weighted by atomic mass is 16.2. The van der Waals surface area contributed by atoms with E-state index in [1.54, 1.807) is 18.2 Å². The van der Waals surface area contributed by atoms with Crippen LogP contribution in [-0.4, -0.2) is 31.9 Å².